The molecule has 58 heavy (non-hydrogen) atoms. The summed E-state index contributed by atoms with van der Waals surface area (Å²) < 4.78 is 4.97. The van der Waals surface area contributed by atoms with E-state index in [1.807, 2.05) is 0 Å². The van der Waals surface area contributed by atoms with Gasteiger partial charge in [0.1, 0.15) is 0 Å². The van der Waals surface area contributed by atoms with Gasteiger partial charge in [0.05, 0.1) is 22.1 Å². The van der Waals surface area contributed by atoms with Gasteiger partial charge < -0.3 is 9.13 Å². The third-order valence-corrected chi connectivity index (χ3v) is 17.5. The monoisotopic (exact) mass is 754 g/mol. The second-order valence-corrected chi connectivity index (χ2v) is 19.4. The number of benzene rings is 9. The van der Waals surface area contributed by atoms with E-state index >= 15 is 0 Å². The first kappa shape index (κ1) is 33.0. The van der Waals surface area contributed by atoms with Crippen LogP contribution in [0.2, 0.25) is 0 Å². The summed E-state index contributed by atoms with van der Waals surface area (Å²) in [6.45, 7) is 0. The molecule has 0 bridgehead atoms. The number of hydrogen-bond donors (Lipinski definition) is 0. The fraction of sp³-hybridized carbons (Fsp3) is 0.0182. The molecule has 0 radical (unpaired) electrons. The fourth-order valence-corrected chi connectivity index (χ4v) is 15.0. The van der Waals surface area contributed by atoms with Gasteiger partial charge in [0.25, 0.3) is 0 Å². The maximum atomic E-state index is 2.55. The summed E-state index contributed by atoms with van der Waals surface area (Å²) in [5.41, 5.74) is 12.8. The van der Waals surface area contributed by atoms with Crippen molar-refractivity contribution < 1.29 is 0 Å². The molecule has 0 N–H and O–H groups in total. The Bertz CT molecular complexity index is 3190. The number of rotatable bonds is 6. The van der Waals surface area contributed by atoms with E-state index in [0.717, 1.165) is 6.42 Å². The highest BCUT2D eigenvalue weighted by Crippen LogP contribution is 2.45. The highest BCUT2D eigenvalue weighted by atomic mass is 28.3. The standard InChI is InChI=1S/C55H38N2Si/c1-5-17-39(18-6-1)57-54-34-31-44(58(41-19-7-2-8-20-41,42-21-9-3-10-22-42)43-23-11-4-12-24-43)37-50(54)48-33-32-45-49-36-40(30-29-38(49)35-51(45)55(48)57)56-52-27-15-13-25-46(52)47-26-14-16-28-53(47)56/h1-34,36-37H,35H2. The third-order valence-electron chi connectivity index (χ3n) is 12.7. The second kappa shape index (κ2) is 12.9. The summed E-state index contributed by atoms with van der Waals surface area (Å²) in [6, 6.07) is 81.6. The smallest absolute Gasteiger partial charge is 0.179 e. The van der Waals surface area contributed by atoms with Crippen molar-refractivity contribution in [3.8, 4) is 22.5 Å². The van der Waals surface area contributed by atoms with Crippen molar-refractivity contribution in [1.29, 1.82) is 0 Å². The summed E-state index contributed by atoms with van der Waals surface area (Å²) in [7, 11) is -2.73. The molecular formula is C55H38N2Si. The molecule has 0 atom stereocenters. The van der Waals surface area contributed by atoms with Crippen LogP contribution in [0.4, 0.5) is 0 Å². The summed E-state index contributed by atoms with van der Waals surface area (Å²) in [5, 5.41) is 10.7. The van der Waals surface area contributed by atoms with Gasteiger partial charge >= 0.3 is 0 Å². The lowest BCUT2D eigenvalue weighted by Crippen LogP contribution is -2.74. The first-order chi connectivity index (χ1) is 28.8. The summed E-state index contributed by atoms with van der Waals surface area (Å²) in [4.78, 5) is 0. The van der Waals surface area contributed by atoms with Crippen LogP contribution in [0.3, 0.4) is 0 Å². The molecule has 0 saturated heterocycles. The average Bonchev–Trinajstić information content (AvgIpc) is 3.95. The van der Waals surface area contributed by atoms with Crippen LogP contribution < -0.4 is 20.7 Å². The molecule has 3 heteroatoms. The predicted molar refractivity (Wildman–Crippen MR) is 247 cm³/mol. The average molecular weight is 755 g/mol. The van der Waals surface area contributed by atoms with Crippen LogP contribution in [0.1, 0.15) is 11.1 Å². The van der Waals surface area contributed by atoms with E-state index in [-0.39, 0.29) is 0 Å². The molecule has 0 spiro atoms. The lowest BCUT2D eigenvalue weighted by molar-refractivity contribution is 1.15. The minimum atomic E-state index is -2.73. The van der Waals surface area contributed by atoms with E-state index < -0.39 is 8.07 Å². The van der Waals surface area contributed by atoms with Gasteiger partial charge in [0.2, 0.25) is 0 Å². The van der Waals surface area contributed by atoms with Gasteiger partial charge in [-0.1, -0.05) is 176 Å². The third kappa shape index (κ3) is 4.71. The Labute approximate surface area is 338 Å². The van der Waals surface area contributed by atoms with Crippen molar-refractivity contribution in [2.24, 2.45) is 0 Å². The summed E-state index contributed by atoms with van der Waals surface area (Å²) >= 11 is 0. The Balaban J connectivity index is 1.12. The molecule has 2 heterocycles. The molecule has 12 rings (SSSR count). The van der Waals surface area contributed by atoms with E-state index in [0.29, 0.717) is 0 Å². The molecule has 2 nitrogen and oxygen atoms in total. The molecule has 1 aliphatic carbocycles. The molecule has 0 unspecified atom stereocenters. The molecule has 0 saturated carbocycles. The maximum absolute atomic E-state index is 2.73. The van der Waals surface area contributed by atoms with Crippen LogP contribution in [-0.2, 0) is 6.42 Å². The first-order valence-electron chi connectivity index (χ1n) is 20.2. The van der Waals surface area contributed by atoms with Crippen molar-refractivity contribution in [3.63, 3.8) is 0 Å². The topological polar surface area (TPSA) is 9.86 Å². The molecule has 2 aromatic heterocycles. The molecular weight excluding hydrogens is 717 g/mol. The van der Waals surface area contributed by atoms with Gasteiger partial charge in [-0.2, -0.15) is 0 Å². The van der Waals surface area contributed by atoms with Gasteiger partial charge in [0, 0.05) is 39.3 Å². The molecule has 0 aliphatic heterocycles. The van der Waals surface area contributed by atoms with Gasteiger partial charge in [-0.05, 0) is 85.5 Å². The maximum Gasteiger partial charge on any atom is 0.179 e. The lowest BCUT2D eigenvalue weighted by atomic mass is 10.0. The van der Waals surface area contributed by atoms with E-state index in [4.69, 9.17) is 0 Å². The second-order valence-electron chi connectivity index (χ2n) is 15.6. The highest BCUT2D eigenvalue weighted by Gasteiger charge is 2.41. The number of para-hydroxylation sites is 3. The molecule has 1 aliphatic rings. The number of aromatic nitrogens is 2. The van der Waals surface area contributed by atoms with Gasteiger partial charge in [-0.15, -0.1) is 0 Å². The largest absolute Gasteiger partial charge is 0.309 e. The van der Waals surface area contributed by atoms with Gasteiger partial charge in [-0.25, -0.2) is 0 Å². The molecule has 11 aromatic rings. The zero-order valence-corrected chi connectivity index (χ0v) is 32.9. The number of fused-ring (bicyclic) bond motifs is 10. The van der Waals surface area contributed by atoms with Crippen LogP contribution >= 0.6 is 0 Å². The van der Waals surface area contributed by atoms with Crippen LogP contribution in [-0.4, -0.2) is 17.2 Å². The SMILES string of the molecule is c1ccc(-n2c3ccc([Si](c4ccccc4)(c4ccccc4)c4ccccc4)cc3c3ccc4c(c32)Cc2ccc(-n3c5ccccc5c5ccccc53)cc2-4)cc1. The Hall–Kier alpha value is -7.20. The zero-order valence-electron chi connectivity index (χ0n) is 31.9. The van der Waals surface area contributed by atoms with E-state index in [1.165, 1.54) is 98.0 Å². The minimum Gasteiger partial charge on any atom is -0.309 e. The number of hydrogen-bond acceptors (Lipinski definition) is 0. The predicted octanol–water partition coefficient (Wildman–Crippen LogP) is 10.8. The highest BCUT2D eigenvalue weighted by molar-refractivity contribution is 7.20. The first-order valence-corrected chi connectivity index (χ1v) is 22.2. The number of nitrogens with zero attached hydrogens (tertiary/aromatic N) is 2. The van der Waals surface area contributed by atoms with Crippen LogP contribution in [0.15, 0.2) is 218 Å². The normalized spacial score (nSPS) is 12.4. The summed E-state index contributed by atoms with van der Waals surface area (Å²) in [6.07, 6.45) is 0.891. The van der Waals surface area contributed by atoms with Crippen molar-refractivity contribution in [1.82, 2.24) is 9.13 Å². The van der Waals surface area contributed by atoms with Gasteiger partial charge in [0.15, 0.2) is 8.07 Å². The summed E-state index contributed by atoms with van der Waals surface area (Å²) in [5.74, 6) is 0. The molecule has 0 fully saturated rings. The molecule has 272 valence electrons. The Morgan fingerprint density at radius 1 is 0.328 bits per heavy atom. The fourth-order valence-electron chi connectivity index (χ4n) is 10.3. The molecule has 0 amide bonds. The van der Waals surface area contributed by atoms with Crippen molar-refractivity contribution >= 4 is 72.4 Å². The Morgan fingerprint density at radius 2 is 0.862 bits per heavy atom. The Morgan fingerprint density at radius 3 is 1.47 bits per heavy atom. The van der Waals surface area contributed by atoms with E-state index in [9.17, 15) is 0 Å². The van der Waals surface area contributed by atoms with Crippen LogP contribution in [0, 0.1) is 0 Å². The van der Waals surface area contributed by atoms with Gasteiger partial charge in [-0.3, -0.25) is 0 Å². The van der Waals surface area contributed by atoms with Crippen molar-refractivity contribution in [2.45, 2.75) is 6.42 Å². The zero-order chi connectivity index (χ0) is 38.2. The van der Waals surface area contributed by atoms with Crippen LogP contribution in [0.25, 0.3) is 66.1 Å². The lowest BCUT2D eigenvalue weighted by Gasteiger charge is -2.34. The molecule has 9 aromatic carbocycles. The Kier molecular flexibility index (Phi) is 7.35. The van der Waals surface area contributed by atoms with E-state index in [2.05, 4.69) is 228 Å². The van der Waals surface area contributed by atoms with Crippen molar-refractivity contribution in [2.75, 3.05) is 0 Å². The minimum absolute atomic E-state index is 0.891. The van der Waals surface area contributed by atoms with Crippen LogP contribution in [0.5, 0.6) is 0 Å². The van der Waals surface area contributed by atoms with Crippen molar-refractivity contribution in [3.05, 3.63) is 230 Å². The van der Waals surface area contributed by atoms with E-state index in [1.54, 1.807) is 0 Å². The quantitative estimate of drug-likeness (QED) is 0.118.